The van der Waals surface area contributed by atoms with Crippen molar-refractivity contribution in [3.63, 3.8) is 0 Å². The maximum atomic E-state index is 12.1. The van der Waals surface area contributed by atoms with Crippen molar-refractivity contribution in [1.29, 1.82) is 0 Å². The summed E-state index contributed by atoms with van der Waals surface area (Å²) >= 11 is 6.00. The van der Waals surface area contributed by atoms with Crippen molar-refractivity contribution in [2.75, 3.05) is 5.32 Å². The van der Waals surface area contributed by atoms with E-state index in [0.717, 1.165) is 27.8 Å². The highest BCUT2D eigenvalue weighted by Gasteiger charge is 2.18. The molecule has 0 atom stereocenters. The highest BCUT2D eigenvalue weighted by Crippen LogP contribution is 2.26. The Kier molecular flexibility index (Phi) is 4.71. The average molecular weight is 411 g/mol. The number of halogens is 1. The van der Waals surface area contributed by atoms with Gasteiger partial charge in [-0.25, -0.2) is 9.78 Å². The van der Waals surface area contributed by atoms with Crippen molar-refractivity contribution in [2.45, 2.75) is 26.4 Å². The minimum absolute atomic E-state index is 0.172. The van der Waals surface area contributed by atoms with Crippen molar-refractivity contribution in [1.82, 2.24) is 24.7 Å². The second kappa shape index (κ2) is 7.21. The largest absolute Gasteiger partial charge is 0.442 e. The van der Waals surface area contributed by atoms with Gasteiger partial charge < -0.3 is 15.0 Å². The molecule has 0 spiro atoms. The Labute approximate surface area is 171 Å². The van der Waals surface area contributed by atoms with E-state index in [-0.39, 0.29) is 5.28 Å². The Morgan fingerprint density at radius 3 is 2.62 bits per heavy atom. The lowest BCUT2D eigenvalue weighted by molar-refractivity contribution is 0.0514. The van der Waals surface area contributed by atoms with Gasteiger partial charge in [0.1, 0.15) is 11.1 Å². The third-order valence-electron chi connectivity index (χ3n) is 4.02. The number of benzene rings is 1. The van der Waals surface area contributed by atoms with Crippen LogP contribution < -0.4 is 5.32 Å². The molecule has 0 saturated heterocycles. The minimum atomic E-state index is -0.578. The fraction of sp³-hybridized carbons (Fsp3) is 0.200. The van der Waals surface area contributed by atoms with Gasteiger partial charge in [0, 0.05) is 23.6 Å². The number of rotatable bonds is 3. The summed E-state index contributed by atoms with van der Waals surface area (Å²) in [5.41, 5.74) is 3.48. The van der Waals surface area contributed by atoms with Crippen molar-refractivity contribution < 1.29 is 9.53 Å². The molecule has 2 N–H and O–H groups in total. The summed E-state index contributed by atoms with van der Waals surface area (Å²) < 4.78 is 6.51. The van der Waals surface area contributed by atoms with Crippen LogP contribution in [0, 0.1) is 0 Å². The molecule has 0 aliphatic carbocycles. The summed E-state index contributed by atoms with van der Waals surface area (Å²) in [5.74, 6) is 0.593. The number of carbonyl (C=O) groups excluding carboxylic acids is 1. The van der Waals surface area contributed by atoms with Gasteiger partial charge in [-0.1, -0.05) is 12.1 Å². The smallest absolute Gasteiger partial charge is 0.435 e. The highest BCUT2D eigenvalue weighted by molar-refractivity contribution is 6.28. The lowest BCUT2D eigenvalue weighted by Crippen LogP contribution is -2.27. The van der Waals surface area contributed by atoms with Crippen LogP contribution in [0.1, 0.15) is 20.8 Å². The second-order valence-electron chi connectivity index (χ2n) is 7.44. The Morgan fingerprint density at radius 2 is 1.90 bits per heavy atom. The molecule has 1 aromatic carbocycles. The molecule has 0 fully saturated rings. The van der Waals surface area contributed by atoms with E-state index >= 15 is 0 Å². The maximum Gasteiger partial charge on any atom is 0.435 e. The van der Waals surface area contributed by atoms with Gasteiger partial charge in [0.15, 0.2) is 5.82 Å². The molecule has 0 bridgehead atoms. The van der Waals surface area contributed by atoms with Gasteiger partial charge >= 0.3 is 6.09 Å². The van der Waals surface area contributed by atoms with E-state index in [1.54, 1.807) is 18.6 Å². The second-order valence-corrected chi connectivity index (χ2v) is 7.77. The molecule has 4 aromatic rings. The summed E-state index contributed by atoms with van der Waals surface area (Å²) in [6, 6.07) is 9.50. The molecule has 148 valence electrons. The van der Waals surface area contributed by atoms with E-state index in [1.165, 1.54) is 4.68 Å². The normalized spacial score (nSPS) is 11.6. The van der Waals surface area contributed by atoms with Gasteiger partial charge in [0.25, 0.3) is 0 Å². The van der Waals surface area contributed by atoms with Crippen LogP contribution in [0.5, 0.6) is 0 Å². The number of hydrogen-bond acceptors (Lipinski definition) is 6. The number of nitrogens with one attached hydrogen (secondary N) is 2. The van der Waals surface area contributed by atoms with Gasteiger partial charge in [-0.3, -0.25) is 0 Å². The van der Waals surface area contributed by atoms with Crippen LogP contribution >= 0.6 is 11.6 Å². The van der Waals surface area contributed by atoms with E-state index in [9.17, 15) is 4.79 Å². The zero-order chi connectivity index (χ0) is 20.6. The van der Waals surface area contributed by atoms with E-state index in [2.05, 4.69) is 25.4 Å². The molecule has 0 aliphatic heterocycles. The van der Waals surface area contributed by atoms with E-state index < -0.39 is 11.7 Å². The monoisotopic (exact) mass is 410 g/mol. The number of aromatic amines is 1. The Balaban J connectivity index is 1.53. The van der Waals surface area contributed by atoms with Crippen molar-refractivity contribution in [3.05, 3.63) is 54.2 Å². The van der Waals surface area contributed by atoms with Crippen LogP contribution in [0.15, 0.2) is 48.9 Å². The topological polar surface area (TPSA) is 97.7 Å². The van der Waals surface area contributed by atoms with Crippen molar-refractivity contribution in [2.24, 2.45) is 0 Å². The molecule has 0 saturated carbocycles. The van der Waals surface area contributed by atoms with Crippen LogP contribution in [-0.2, 0) is 4.74 Å². The predicted octanol–water partition coefficient (Wildman–Crippen LogP) is 5.00. The van der Waals surface area contributed by atoms with E-state index in [4.69, 9.17) is 16.3 Å². The summed E-state index contributed by atoms with van der Waals surface area (Å²) in [6.07, 6.45) is 4.53. The molecular formula is C20H19ClN6O2. The average Bonchev–Trinajstić information content (AvgIpc) is 3.30. The zero-order valence-electron chi connectivity index (χ0n) is 16.1. The number of nitrogens with zero attached hydrogens (tertiary/aromatic N) is 4. The van der Waals surface area contributed by atoms with E-state index in [0.29, 0.717) is 5.82 Å². The lowest BCUT2D eigenvalue weighted by Gasteiger charge is -2.18. The Morgan fingerprint density at radius 1 is 1.14 bits per heavy atom. The summed E-state index contributed by atoms with van der Waals surface area (Å²) in [7, 11) is 0. The van der Waals surface area contributed by atoms with Crippen LogP contribution in [0.4, 0.5) is 16.3 Å². The predicted molar refractivity (Wildman–Crippen MR) is 111 cm³/mol. The van der Waals surface area contributed by atoms with Crippen LogP contribution in [0.3, 0.4) is 0 Å². The molecule has 0 radical (unpaired) electrons. The molecule has 29 heavy (non-hydrogen) atoms. The molecule has 9 heteroatoms. The molecular weight excluding hydrogens is 392 g/mol. The summed E-state index contributed by atoms with van der Waals surface area (Å²) in [4.78, 5) is 23.6. The number of anilines is 2. The molecule has 0 aliphatic rings. The fourth-order valence-electron chi connectivity index (χ4n) is 2.77. The number of H-pyrrole nitrogens is 1. The Bertz CT molecular complexity index is 1170. The number of hydrogen-bond donors (Lipinski definition) is 2. The molecule has 3 heterocycles. The fourth-order valence-corrected chi connectivity index (χ4v) is 2.95. The minimum Gasteiger partial charge on any atom is -0.442 e. The first-order valence-corrected chi connectivity index (χ1v) is 9.32. The molecule has 0 unspecified atom stereocenters. The number of ether oxygens (including phenoxy) is 1. The first-order valence-electron chi connectivity index (χ1n) is 8.95. The van der Waals surface area contributed by atoms with Gasteiger partial charge in [0.05, 0.1) is 11.7 Å². The quantitative estimate of drug-likeness (QED) is 0.461. The van der Waals surface area contributed by atoms with Gasteiger partial charge in [-0.15, -0.1) is 0 Å². The van der Waals surface area contributed by atoms with Crippen LogP contribution in [0.2, 0.25) is 5.28 Å². The standard InChI is InChI=1S/C20H19ClN6O2/c1-20(2,3)29-19(28)27-11-13(10-23-27)12-4-6-14(7-5-12)24-17-16-15(8-9-22-16)25-18(21)26-17/h4-11,22H,1-3H3,(H,24,25,26). The number of fused-ring (bicyclic) bond motifs is 1. The van der Waals surface area contributed by atoms with Crippen molar-refractivity contribution in [3.8, 4) is 11.1 Å². The highest BCUT2D eigenvalue weighted by atomic mass is 35.5. The third-order valence-corrected chi connectivity index (χ3v) is 4.19. The summed E-state index contributed by atoms with van der Waals surface area (Å²) in [5, 5.41) is 7.51. The summed E-state index contributed by atoms with van der Waals surface area (Å²) in [6.45, 7) is 5.44. The van der Waals surface area contributed by atoms with Gasteiger partial charge in [0.2, 0.25) is 5.28 Å². The molecule has 3 aromatic heterocycles. The van der Waals surface area contributed by atoms with Crippen LogP contribution in [-0.4, -0.2) is 36.4 Å². The third kappa shape index (κ3) is 4.22. The SMILES string of the molecule is CC(C)(C)OC(=O)n1cc(-c2ccc(Nc3nc(Cl)nc4cc[nH]c34)cc2)cn1. The number of carbonyl (C=O) groups is 1. The molecule has 0 amide bonds. The zero-order valence-corrected chi connectivity index (χ0v) is 16.9. The van der Waals surface area contributed by atoms with Gasteiger partial charge in [-0.2, -0.15) is 14.8 Å². The van der Waals surface area contributed by atoms with E-state index in [1.807, 2.05) is 51.1 Å². The Hall–Kier alpha value is -3.39. The molecule has 4 rings (SSSR count). The first kappa shape index (κ1) is 18.9. The molecule has 8 nitrogen and oxygen atoms in total. The van der Waals surface area contributed by atoms with Gasteiger partial charge in [-0.05, 0) is 56.1 Å². The first-order chi connectivity index (χ1) is 13.8. The van der Waals surface area contributed by atoms with Crippen molar-refractivity contribution >= 4 is 40.2 Å². The maximum absolute atomic E-state index is 12.1. The van der Waals surface area contributed by atoms with Crippen LogP contribution in [0.25, 0.3) is 22.2 Å². The lowest BCUT2D eigenvalue weighted by atomic mass is 10.1. The number of aromatic nitrogens is 5.